The van der Waals surface area contributed by atoms with Crippen LogP contribution in [0.3, 0.4) is 0 Å². The van der Waals surface area contributed by atoms with Gasteiger partial charge in [0.1, 0.15) is 0 Å². The van der Waals surface area contributed by atoms with Gasteiger partial charge in [0.15, 0.2) is 5.11 Å². The van der Waals surface area contributed by atoms with Gasteiger partial charge in [0.05, 0.1) is 28.5 Å². The molecule has 1 aliphatic heterocycles. The zero-order chi connectivity index (χ0) is 27.7. The number of anilines is 2. The van der Waals surface area contributed by atoms with E-state index in [1.165, 1.54) is 22.5 Å². The molecule has 1 saturated heterocycles. The fourth-order valence-corrected chi connectivity index (χ4v) is 5.69. The topological polar surface area (TPSA) is 62.2 Å². The SMILES string of the molecule is Cc1cc(C2C(c3ccccn3)NC(=S)N2c2ccc(NC(=O)C(C)C)c(Cl)c2)c(C)n1Cc1ccccc1. The van der Waals surface area contributed by atoms with Crippen LogP contribution in [-0.4, -0.2) is 20.6 Å². The van der Waals surface area contributed by atoms with Crippen molar-refractivity contribution in [2.24, 2.45) is 5.92 Å². The molecule has 0 bridgehead atoms. The Hall–Kier alpha value is -3.68. The molecule has 4 aromatic rings. The predicted octanol–water partition coefficient (Wildman–Crippen LogP) is 6.97. The number of benzene rings is 2. The molecule has 0 radical (unpaired) electrons. The summed E-state index contributed by atoms with van der Waals surface area (Å²) in [5.74, 6) is -0.229. The van der Waals surface area contributed by atoms with E-state index in [0.717, 1.165) is 17.9 Å². The highest BCUT2D eigenvalue weighted by Crippen LogP contribution is 2.44. The number of pyridine rings is 1. The highest BCUT2D eigenvalue weighted by molar-refractivity contribution is 7.80. The molecule has 5 rings (SSSR count). The van der Waals surface area contributed by atoms with Gasteiger partial charge in [-0.3, -0.25) is 9.78 Å². The summed E-state index contributed by atoms with van der Waals surface area (Å²) in [6.45, 7) is 8.79. The third kappa shape index (κ3) is 5.42. The standard InChI is InChI=1S/C31H32ClN5OS/c1-19(2)30(38)34-26-14-13-23(17-25(26)32)37-29(28(35-31(37)39)27-12-8-9-15-33-27)24-16-20(3)36(21(24)4)18-22-10-6-5-7-11-22/h5-17,19,28-29H,18H2,1-4H3,(H,34,38)(H,35,39). The highest BCUT2D eigenvalue weighted by atomic mass is 35.5. The number of rotatable bonds is 7. The molecule has 0 aliphatic carbocycles. The van der Waals surface area contributed by atoms with Crippen LogP contribution in [0.2, 0.25) is 5.02 Å². The second-order valence-corrected chi connectivity index (χ2v) is 11.0. The Kier molecular flexibility index (Phi) is 7.73. The Morgan fingerprint density at radius 2 is 1.82 bits per heavy atom. The fraction of sp³-hybridized carbons (Fsp3) is 0.258. The number of aromatic nitrogens is 2. The molecule has 2 unspecified atom stereocenters. The minimum atomic E-state index is -0.163. The van der Waals surface area contributed by atoms with Crippen LogP contribution < -0.4 is 15.5 Å². The van der Waals surface area contributed by atoms with E-state index in [0.29, 0.717) is 15.8 Å². The number of hydrogen-bond donors (Lipinski definition) is 2. The summed E-state index contributed by atoms with van der Waals surface area (Å²) in [5.41, 5.74) is 7.09. The van der Waals surface area contributed by atoms with Crippen LogP contribution in [0.15, 0.2) is 79.0 Å². The normalized spacial score (nSPS) is 17.0. The lowest BCUT2D eigenvalue weighted by Crippen LogP contribution is -2.29. The summed E-state index contributed by atoms with van der Waals surface area (Å²) in [4.78, 5) is 19.1. The van der Waals surface area contributed by atoms with E-state index >= 15 is 0 Å². The van der Waals surface area contributed by atoms with E-state index in [1.54, 1.807) is 0 Å². The summed E-state index contributed by atoms with van der Waals surface area (Å²) in [5, 5.41) is 7.49. The van der Waals surface area contributed by atoms with Crippen LogP contribution in [0.1, 0.15) is 54.1 Å². The third-order valence-corrected chi connectivity index (χ3v) is 7.85. The largest absolute Gasteiger partial charge is 0.351 e. The van der Waals surface area contributed by atoms with E-state index in [-0.39, 0.29) is 23.9 Å². The number of amides is 1. The van der Waals surface area contributed by atoms with E-state index < -0.39 is 0 Å². The molecule has 39 heavy (non-hydrogen) atoms. The van der Waals surface area contributed by atoms with Crippen LogP contribution in [0.25, 0.3) is 0 Å². The Labute approximate surface area is 240 Å². The van der Waals surface area contributed by atoms with Crippen molar-refractivity contribution in [3.8, 4) is 0 Å². The number of nitrogens with zero attached hydrogens (tertiary/aromatic N) is 3. The maximum absolute atomic E-state index is 12.3. The van der Waals surface area contributed by atoms with Crippen molar-refractivity contribution in [3.63, 3.8) is 0 Å². The molecule has 2 aromatic heterocycles. The van der Waals surface area contributed by atoms with Crippen molar-refractivity contribution in [3.05, 3.63) is 112 Å². The van der Waals surface area contributed by atoms with Crippen molar-refractivity contribution in [1.29, 1.82) is 0 Å². The average molecular weight is 558 g/mol. The van der Waals surface area contributed by atoms with Crippen molar-refractivity contribution in [1.82, 2.24) is 14.9 Å². The first-order chi connectivity index (χ1) is 18.7. The van der Waals surface area contributed by atoms with Crippen molar-refractivity contribution in [2.75, 3.05) is 10.2 Å². The maximum atomic E-state index is 12.3. The quantitative estimate of drug-likeness (QED) is 0.240. The van der Waals surface area contributed by atoms with Crippen molar-refractivity contribution >= 4 is 46.2 Å². The number of carbonyl (C=O) groups excluding carboxylic acids is 1. The maximum Gasteiger partial charge on any atom is 0.226 e. The second kappa shape index (κ2) is 11.2. The summed E-state index contributed by atoms with van der Waals surface area (Å²) in [7, 11) is 0. The average Bonchev–Trinajstić information content (AvgIpc) is 3.41. The summed E-state index contributed by atoms with van der Waals surface area (Å²) in [6, 6.07) is 24.0. The molecule has 6 nitrogen and oxygen atoms in total. The van der Waals surface area contributed by atoms with Gasteiger partial charge in [-0.1, -0.05) is 61.8 Å². The molecule has 2 aromatic carbocycles. The van der Waals surface area contributed by atoms with Gasteiger partial charge in [-0.15, -0.1) is 0 Å². The van der Waals surface area contributed by atoms with Gasteiger partial charge >= 0.3 is 0 Å². The first-order valence-electron chi connectivity index (χ1n) is 13.1. The Morgan fingerprint density at radius 3 is 2.49 bits per heavy atom. The molecule has 0 saturated carbocycles. The summed E-state index contributed by atoms with van der Waals surface area (Å²) < 4.78 is 2.34. The molecule has 0 spiro atoms. The summed E-state index contributed by atoms with van der Waals surface area (Å²) in [6.07, 6.45) is 1.81. The lowest BCUT2D eigenvalue weighted by Gasteiger charge is -2.28. The van der Waals surface area contributed by atoms with Gasteiger partial charge in [0.25, 0.3) is 0 Å². The first kappa shape index (κ1) is 26.9. The van der Waals surface area contributed by atoms with Crippen LogP contribution in [0.4, 0.5) is 11.4 Å². The molecule has 2 atom stereocenters. The molecular formula is C31H32ClN5OS. The van der Waals surface area contributed by atoms with Gasteiger partial charge in [-0.25, -0.2) is 0 Å². The van der Waals surface area contributed by atoms with Crippen LogP contribution in [0, 0.1) is 19.8 Å². The monoisotopic (exact) mass is 557 g/mol. The third-order valence-electron chi connectivity index (χ3n) is 7.23. The number of halogens is 1. The molecule has 1 aliphatic rings. The van der Waals surface area contributed by atoms with Gasteiger partial charge in [0.2, 0.25) is 5.91 Å². The number of nitrogens with one attached hydrogen (secondary N) is 2. The lowest BCUT2D eigenvalue weighted by molar-refractivity contribution is -0.118. The van der Waals surface area contributed by atoms with Crippen molar-refractivity contribution < 1.29 is 4.79 Å². The summed E-state index contributed by atoms with van der Waals surface area (Å²) >= 11 is 12.6. The fourth-order valence-electron chi connectivity index (χ4n) is 5.12. The lowest BCUT2D eigenvalue weighted by atomic mass is 9.96. The van der Waals surface area contributed by atoms with Crippen LogP contribution in [0.5, 0.6) is 0 Å². The molecule has 200 valence electrons. The number of thiocarbonyl (C=S) groups is 1. The van der Waals surface area contributed by atoms with Gasteiger partial charge in [-0.05, 0) is 73.6 Å². The molecule has 8 heteroatoms. The Bertz CT molecular complexity index is 1500. The number of hydrogen-bond acceptors (Lipinski definition) is 3. The van der Waals surface area contributed by atoms with E-state index in [1.807, 2.05) is 62.5 Å². The smallest absolute Gasteiger partial charge is 0.226 e. The molecule has 1 fully saturated rings. The van der Waals surface area contributed by atoms with E-state index in [2.05, 4.69) is 69.3 Å². The highest BCUT2D eigenvalue weighted by Gasteiger charge is 2.42. The Morgan fingerprint density at radius 1 is 1.08 bits per heavy atom. The molecule has 1 amide bonds. The van der Waals surface area contributed by atoms with Crippen LogP contribution in [-0.2, 0) is 11.3 Å². The van der Waals surface area contributed by atoms with E-state index in [4.69, 9.17) is 23.8 Å². The minimum absolute atomic E-state index is 0.0815. The number of aryl methyl sites for hydroxylation is 1. The van der Waals surface area contributed by atoms with Gasteiger partial charge in [0, 0.05) is 35.7 Å². The first-order valence-corrected chi connectivity index (χ1v) is 13.8. The molecule has 3 heterocycles. The van der Waals surface area contributed by atoms with Crippen LogP contribution >= 0.6 is 23.8 Å². The predicted molar refractivity (Wildman–Crippen MR) is 162 cm³/mol. The minimum Gasteiger partial charge on any atom is -0.351 e. The Balaban J connectivity index is 1.57. The number of carbonyl (C=O) groups is 1. The molecular weight excluding hydrogens is 526 g/mol. The zero-order valence-electron chi connectivity index (χ0n) is 22.5. The van der Waals surface area contributed by atoms with E-state index in [9.17, 15) is 4.79 Å². The molecule has 2 N–H and O–H groups in total. The zero-order valence-corrected chi connectivity index (χ0v) is 24.1. The van der Waals surface area contributed by atoms with Gasteiger partial charge in [-0.2, -0.15) is 0 Å². The second-order valence-electron chi connectivity index (χ2n) is 10.2. The van der Waals surface area contributed by atoms with Crippen molar-refractivity contribution in [2.45, 2.75) is 46.3 Å². The van der Waals surface area contributed by atoms with Gasteiger partial charge < -0.3 is 20.1 Å².